The first-order chi connectivity index (χ1) is 12.2. The van der Waals surface area contributed by atoms with E-state index in [0.29, 0.717) is 30.7 Å². The van der Waals surface area contributed by atoms with E-state index in [-0.39, 0.29) is 0 Å². The average molecular weight is 358 g/mol. The lowest BCUT2D eigenvalue weighted by Gasteiger charge is -2.10. The fourth-order valence-electron chi connectivity index (χ4n) is 2.46. The summed E-state index contributed by atoms with van der Waals surface area (Å²) in [6.45, 7) is 4.74. The highest BCUT2D eigenvalue weighted by atomic mass is 35.5. The highest BCUT2D eigenvalue weighted by Gasteiger charge is 2.12. The smallest absolute Gasteiger partial charge is 0.226 e. The van der Waals surface area contributed by atoms with Crippen LogP contribution in [0.1, 0.15) is 23.9 Å². The van der Waals surface area contributed by atoms with Crippen LogP contribution in [0.4, 0.5) is 0 Å². The SMILES string of the molecule is CCOc1cc(CCl)cc(OCc2nc(-c3ccccc3)oc2C)c1. The molecule has 0 spiro atoms. The Morgan fingerprint density at radius 3 is 2.44 bits per heavy atom. The highest BCUT2D eigenvalue weighted by molar-refractivity contribution is 6.17. The van der Waals surface area contributed by atoms with E-state index in [2.05, 4.69) is 4.98 Å². The molecule has 1 heterocycles. The number of nitrogens with zero attached hydrogens (tertiary/aromatic N) is 1. The van der Waals surface area contributed by atoms with Gasteiger partial charge >= 0.3 is 0 Å². The molecule has 0 aliphatic rings. The lowest BCUT2D eigenvalue weighted by atomic mass is 10.2. The predicted molar refractivity (Wildman–Crippen MR) is 98.2 cm³/mol. The summed E-state index contributed by atoms with van der Waals surface area (Å²) in [7, 11) is 0. The van der Waals surface area contributed by atoms with Gasteiger partial charge in [0, 0.05) is 17.5 Å². The quantitative estimate of drug-likeness (QED) is 0.533. The van der Waals surface area contributed by atoms with Crippen LogP contribution in [-0.2, 0) is 12.5 Å². The number of ether oxygens (including phenoxy) is 2. The van der Waals surface area contributed by atoms with Crippen LogP contribution in [0.2, 0.25) is 0 Å². The first-order valence-corrected chi connectivity index (χ1v) is 8.70. The number of benzene rings is 2. The first-order valence-electron chi connectivity index (χ1n) is 8.17. The molecule has 1 aromatic heterocycles. The Hall–Kier alpha value is -2.46. The predicted octanol–water partition coefficient (Wildman–Crippen LogP) is 5.37. The Bertz CT molecular complexity index is 830. The van der Waals surface area contributed by atoms with Gasteiger partial charge in [0.1, 0.15) is 29.6 Å². The van der Waals surface area contributed by atoms with Gasteiger partial charge in [-0.15, -0.1) is 11.6 Å². The number of hydrogen-bond donors (Lipinski definition) is 0. The Kier molecular flexibility index (Phi) is 5.61. The van der Waals surface area contributed by atoms with Crippen LogP contribution in [0, 0.1) is 6.92 Å². The minimum atomic E-state index is 0.319. The van der Waals surface area contributed by atoms with Crippen molar-refractivity contribution in [1.29, 1.82) is 0 Å². The van der Waals surface area contributed by atoms with Crippen LogP contribution in [0.25, 0.3) is 11.5 Å². The zero-order chi connectivity index (χ0) is 17.6. The molecule has 0 atom stereocenters. The normalized spacial score (nSPS) is 10.7. The van der Waals surface area contributed by atoms with E-state index in [1.165, 1.54) is 0 Å². The summed E-state index contributed by atoms with van der Waals surface area (Å²) in [6, 6.07) is 15.5. The molecule has 0 amide bonds. The Morgan fingerprint density at radius 2 is 1.76 bits per heavy atom. The average Bonchev–Trinajstić information content (AvgIpc) is 3.01. The summed E-state index contributed by atoms with van der Waals surface area (Å²) >= 11 is 5.95. The summed E-state index contributed by atoms with van der Waals surface area (Å²) in [6.07, 6.45) is 0. The minimum absolute atomic E-state index is 0.319. The summed E-state index contributed by atoms with van der Waals surface area (Å²) in [4.78, 5) is 4.55. The summed E-state index contributed by atoms with van der Waals surface area (Å²) in [5.74, 6) is 3.19. The topological polar surface area (TPSA) is 44.5 Å². The molecular formula is C20H20ClNO3. The van der Waals surface area contributed by atoms with Crippen LogP contribution >= 0.6 is 11.6 Å². The van der Waals surface area contributed by atoms with Crippen molar-refractivity contribution in [1.82, 2.24) is 4.98 Å². The standard InChI is InChI=1S/C20H20ClNO3/c1-3-23-17-9-15(12-21)10-18(11-17)24-13-19-14(2)25-20(22-19)16-7-5-4-6-8-16/h4-11H,3,12-13H2,1-2H3. The maximum Gasteiger partial charge on any atom is 0.226 e. The molecule has 0 aliphatic heterocycles. The number of oxazole rings is 1. The van der Waals surface area contributed by atoms with Crippen molar-refractivity contribution in [2.24, 2.45) is 0 Å². The van der Waals surface area contributed by atoms with Gasteiger partial charge in [-0.25, -0.2) is 4.98 Å². The number of halogens is 1. The van der Waals surface area contributed by atoms with E-state index in [9.17, 15) is 0 Å². The Labute approximate surface area is 152 Å². The van der Waals surface area contributed by atoms with Crippen LogP contribution in [0.5, 0.6) is 11.5 Å². The van der Waals surface area contributed by atoms with Gasteiger partial charge in [0.25, 0.3) is 0 Å². The van der Waals surface area contributed by atoms with Gasteiger partial charge in [0.15, 0.2) is 0 Å². The van der Waals surface area contributed by atoms with Crippen molar-refractivity contribution in [2.45, 2.75) is 26.3 Å². The van der Waals surface area contributed by atoms with E-state index in [1.807, 2.05) is 62.4 Å². The molecule has 0 bridgehead atoms. The first kappa shape index (κ1) is 17.4. The van der Waals surface area contributed by atoms with Crippen molar-refractivity contribution in [2.75, 3.05) is 6.61 Å². The third kappa shape index (κ3) is 4.34. The molecule has 0 unspecified atom stereocenters. The van der Waals surface area contributed by atoms with E-state index in [4.69, 9.17) is 25.5 Å². The summed E-state index contributed by atoms with van der Waals surface area (Å²) in [5.41, 5.74) is 2.66. The molecule has 0 saturated heterocycles. The zero-order valence-electron chi connectivity index (χ0n) is 14.3. The van der Waals surface area contributed by atoms with E-state index in [1.54, 1.807) is 0 Å². The molecule has 4 nitrogen and oxygen atoms in total. The van der Waals surface area contributed by atoms with Crippen LogP contribution in [0.15, 0.2) is 52.9 Å². The fourth-order valence-corrected chi connectivity index (χ4v) is 2.61. The third-order valence-electron chi connectivity index (χ3n) is 3.69. The number of aromatic nitrogens is 1. The second-order valence-corrected chi connectivity index (χ2v) is 5.82. The van der Waals surface area contributed by atoms with Crippen molar-refractivity contribution in [3.05, 3.63) is 65.5 Å². The second-order valence-electron chi connectivity index (χ2n) is 5.56. The van der Waals surface area contributed by atoms with Crippen LogP contribution < -0.4 is 9.47 Å². The van der Waals surface area contributed by atoms with Gasteiger partial charge in [-0.3, -0.25) is 0 Å². The minimum Gasteiger partial charge on any atom is -0.494 e. The molecule has 3 aromatic rings. The third-order valence-corrected chi connectivity index (χ3v) is 4.00. The summed E-state index contributed by atoms with van der Waals surface area (Å²) in [5, 5.41) is 0. The summed E-state index contributed by atoms with van der Waals surface area (Å²) < 4.78 is 17.2. The molecule has 25 heavy (non-hydrogen) atoms. The lowest BCUT2D eigenvalue weighted by Crippen LogP contribution is -1.99. The maximum absolute atomic E-state index is 5.95. The van der Waals surface area contributed by atoms with E-state index in [0.717, 1.165) is 28.3 Å². The van der Waals surface area contributed by atoms with E-state index < -0.39 is 0 Å². The Morgan fingerprint density at radius 1 is 1.04 bits per heavy atom. The Balaban J connectivity index is 1.76. The molecule has 0 saturated carbocycles. The monoisotopic (exact) mass is 357 g/mol. The lowest BCUT2D eigenvalue weighted by molar-refractivity contribution is 0.293. The molecule has 0 fully saturated rings. The van der Waals surface area contributed by atoms with Crippen molar-refractivity contribution in [3.8, 4) is 23.0 Å². The molecule has 5 heteroatoms. The van der Waals surface area contributed by atoms with Crippen molar-refractivity contribution in [3.63, 3.8) is 0 Å². The molecule has 0 radical (unpaired) electrons. The molecular weight excluding hydrogens is 338 g/mol. The van der Waals surface area contributed by atoms with E-state index >= 15 is 0 Å². The molecule has 0 N–H and O–H groups in total. The van der Waals surface area contributed by atoms with Gasteiger partial charge in [-0.05, 0) is 43.7 Å². The number of hydrogen-bond acceptors (Lipinski definition) is 4. The van der Waals surface area contributed by atoms with Gasteiger partial charge in [0.2, 0.25) is 5.89 Å². The van der Waals surface area contributed by atoms with Gasteiger partial charge in [0.05, 0.1) is 6.61 Å². The van der Waals surface area contributed by atoms with Crippen LogP contribution in [-0.4, -0.2) is 11.6 Å². The number of alkyl halides is 1. The second kappa shape index (κ2) is 8.08. The zero-order valence-corrected chi connectivity index (χ0v) is 15.0. The molecule has 0 aliphatic carbocycles. The highest BCUT2D eigenvalue weighted by Crippen LogP contribution is 2.26. The molecule has 3 rings (SSSR count). The fraction of sp³-hybridized carbons (Fsp3) is 0.250. The van der Waals surface area contributed by atoms with Gasteiger partial charge in [-0.2, -0.15) is 0 Å². The maximum atomic E-state index is 5.95. The largest absolute Gasteiger partial charge is 0.494 e. The van der Waals surface area contributed by atoms with Crippen LogP contribution in [0.3, 0.4) is 0 Å². The van der Waals surface area contributed by atoms with Gasteiger partial charge in [-0.1, -0.05) is 18.2 Å². The van der Waals surface area contributed by atoms with Crippen molar-refractivity contribution < 1.29 is 13.9 Å². The molecule has 2 aromatic carbocycles. The number of rotatable bonds is 7. The van der Waals surface area contributed by atoms with Crippen molar-refractivity contribution >= 4 is 11.6 Å². The molecule has 130 valence electrons. The number of aryl methyl sites for hydroxylation is 1. The van der Waals surface area contributed by atoms with Gasteiger partial charge < -0.3 is 13.9 Å².